The van der Waals surface area contributed by atoms with E-state index in [2.05, 4.69) is 21.9 Å². The molecule has 0 atom stereocenters. The standard InChI is InChI=1S/C19H26N4O3S/c1-4-5-8-23-11-14-6-7-16(9-15(14)12-23)21-27(25,26)17-10-18(19(24)20-2)22(3)13-17/h6-7,9-10,13,21H,4-5,8,11-12H2,1-3H3,(H,20,24). The fraction of sp³-hybridized carbons (Fsp3) is 0.421. The Balaban J connectivity index is 1.77. The van der Waals surface area contributed by atoms with Gasteiger partial charge in [0.15, 0.2) is 0 Å². The van der Waals surface area contributed by atoms with Gasteiger partial charge in [0.25, 0.3) is 15.9 Å². The van der Waals surface area contributed by atoms with Gasteiger partial charge in [0.1, 0.15) is 10.6 Å². The second-order valence-electron chi connectivity index (χ2n) is 6.90. The maximum atomic E-state index is 12.7. The number of nitrogens with zero attached hydrogens (tertiary/aromatic N) is 2. The number of nitrogens with one attached hydrogen (secondary N) is 2. The van der Waals surface area contributed by atoms with Crippen LogP contribution >= 0.6 is 0 Å². The zero-order chi connectivity index (χ0) is 19.6. The van der Waals surface area contributed by atoms with Crippen LogP contribution in [0.5, 0.6) is 0 Å². The number of hydrogen-bond acceptors (Lipinski definition) is 4. The molecule has 0 bridgehead atoms. The predicted octanol–water partition coefficient (Wildman–Crippen LogP) is 2.30. The van der Waals surface area contributed by atoms with E-state index in [1.165, 1.54) is 29.4 Å². The van der Waals surface area contributed by atoms with Crippen molar-refractivity contribution < 1.29 is 13.2 Å². The molecule has 1 aromatic carbocycles. The minimum absolute atomic E-state index is 0.0636. The molecule has 2 aromatic rings. The molecule has 0 spiro atoms. The van der Waals surface area contributed by atoms with Crippen LogP contribution < -0.4 is 10.0 Å². The molecule has 1 aliphatic heterocycles. The summed E-state index contributed by atoms with van der Waals surface area (Å²) in [5, 5.41) is 2.50. The highest BCUT2D eigenvalue weighted by molar-refractivity contribution is 7.92. The van der Waals surface area contributed by atoms with Gasteiger partial charge in [-0.25, -0.2) is 8.42 Å². The lowest BCUT2D eigenvalue weighted by Gasteiger charge is -2.13. The highest BCUT2D eigenvalue weighted by Crippen LogP contribution is 2.27. The van der Waals surface area contributed by atoms with Gasteiger partial charge in [-0.15, -0.1) is 0 Å². The average molecular weight is 391 g/mol. The van der Waals surface area contributed by atoms with Crippen molar-refractivity contribution >= 4 is 21.6 Å². The summed E-state index contributed by atoms with van der Waals surface area (Å²) >= 11 is 0. The topological polar surface area (TPSA) is 83.4 Å². The van der Waals surface area contributed by atoms with Gasteiger partial charge < -0.3 is 9.88 Å². The van der Waals surface area contributed by atoms with E-state index in [0.29, 0.717) is 11.4 Å². The second-order valence-corrected chi connectivity index (χ2v) is 8.59. The summed E-state index contributed by atoms with van der Waals surface area (Å²) in [5.74, 6) is -0.330. The van der Waals surface area contributed by atoms with Crippen molar-refractivity contribution in [2.24, 2.45) is 7.05 Å². The minimum Gasteiger partial charge on any atom is -0.354 e. The Morgan fingerprint density at radius 3 is 2.63 bits per heavy atom. The van der Waals surface area contributed by atoms with Gasteiger partial charge in [-0.2, -0.15) is 0 Å². The molecule has 146 valence electrons. The monoisotopic (exact) mass is 390 g/mol. The third-order valence-electron chi connectivity index (χ3n) is 4.82. The van der Waals surface area contributed by atoms with Crippen LogP contribution in [0.15, 0.2) is 35.4 Å². The van der Waals surface area contributed by atoms with Gasteiger partial charge in [-0.05, 0) is 42.3 Å². The van der Waals surface area contributed by atoms with Crippen LogP contribution in [0.4, 0.5) is 5.69 Å². The number of anilines is 1. The summed E-state index contributed by atoms with van der Waals surface area (Å²) in [6.07, 6.45) is 3.76. The summed E-state index contributed by atoms with van der Waals surface area (Å²) in [6, 6.07) is 7.06. The minimum atomic E-state index is -3.77. The number of rotatable bonds is 7. The lowest BCUT2D eigenvalue weighted by atomic mass is 10.1. The maximum Gasteiger partial charge on any atom is 0.267 e. The van der Waals surface area contributed by atoms with Crippen LogP contribution in [0.3, 0.4) is 0 Å². The first kappa shape index (κ1) is 19.4. The predicted molar refractivity (Wildman–Crippen MR) is 105 cm³/mol. The van der Waals surface area contributed by atoms with E-state index in [9.17, 15) is 13.2 Å². The first-order valence-electron chi connectivity index (χ1n) is 9.09. The second kappa shape index (κ2) is 7.74. The van der Waals surface area contributed by atoms with Crippen molar-refractivity contribution in [3.63, 3.8) is 0 Å². The number of hydrogen-bond donors (Lipinski definition) is 2. The van der Waals surface area contributed by atoms with Crippen LogP contribution in [0, 0.1) is 0 Å². The third-order valence-corrected chi connectivity index (χ3v) is 6.17. The Morgan fingerprint density at radius 1 is 1.19 bits per heavy atom. The third kappa shape index (κ3) is 4.17. The Labute approximate surface area is 160 Å². The number of unbranched alkanes of at least 4 members (excludes halogenated alkanes) is 1. The Morgan fingerprint density at radius 2 is 1.93 bits per heavy atom. The highest BCUT2D eigenvalue weighted by atomic mass is 32.2. The summed E-state index contributed by atoms with van der Waals surface area (Å²) in [6.45, 7) is 4.99. The first-order valence-corrected chi connectivity index (χ1v) is 10.6. The molecule has 0 saturated heterocycles. The van der Waals surface area contributed by atoms with Gasteiger partial charge in [0.2, 0.25) is 0 Å². The van der Waals surface area contributed by atoms with E-state index < -0.39 is 10.0 Å². The average Bonchev–Trinajstić information content (AvgIpc) is 3.22. The Bertz CT molecular complexity index is 950. The molecule has 1 aliphatic rings. The fourth-order valence-corrected chi connectivity index (χ4v) is 4.44. The number of amides is 1. The smallest absolute Gasteiger partial charge is 0.267 e. The summed E-state index contributed by atoms with van der Waals surface area (Å²) in [5.41, 5.74) is 3.23. The van der Waals surface area contributed by atoms with Gasteiger partial charge in [0, 0.05) is 39.1 Å². The molecule has 3 rings (SSSR count). The molecular formula is C19H26N4O3S. The van der Waals surface area contributed by atoms with E-state index in [0.717, 1.165) is 38.0 Å². The van der Waals surface area contributed by atoms with Crippen molar-refractivity contribution in [1.29, 1.82) is 0 Å². The maximum absolute atomic E-state index is 12.7. The summed E-state index contributed by atoms with van der Waals surface area (Å²) < 4.78 is 29.6. The molecule has 0 radical (unpaired) electrons. The Hall–Kier alpha value is -2.32. The van der Waals surface area contributed by atoms with Crippen molar-refractivity contribution in [3.8, 4) is 0 Å². The quantitative estimate of drug-likeness (QED) is 0.760. The molecule has 8 heteroatoms. The van der Waals surface area contributed by atoms with Gasteiger partial charge in [0.05, 0.1) is 0 Å². The molecule has 2 heterocycles. The molecule has 0 saturated carbocycles. The first-order chi connectivity index (χ1) is 12.8. The molecule has 27 heavy (non-hydrogen) atoms. The normalized spacial score (nSPS) is 14.2. The molecule has 7 nitrogen and oxygen atoms in total. The molecule has 1 amide bonds. The molecule has 0 aliphatic carbocycles. The number of sulfonamides is 1. The molecule has 2 N–H and O–H groups in total. The van der Waals surface area contributed by atoms with Crippen LogP contribution in [0.2, 0.25) is 0 Å². The number of aryl methyl sites for hydroxylation is 1. The van der Waals surface area contributed by atoms with Crippen LogP contribution in [0.1, 0.15) is 41.4 Å². The van der Waals surface area contributed by atoms with Crippen LogP contribution in [0.25, 0.3) is 0 Å². The van der Waals surface area contributed by atoms with Crippen molar-refractivity contribution in [1.82, 2.24) is 14.8 Å². The fourth-order valence-electron chi connectivity index (χ4n) is 3.32. The number of carbonyl (C=O) groups excluding carboxylic acids is 1. The van der Waals surface area contributed by atoms with Crippen LogP contribution in [-0.2, 0) is 30.2 Å². The highest BCUT2D eigenvalue weighted by Gasteiger charge is 2.22. The van der Waals surface area contributed by atoms with Crippen molar-refractivity contribution in [2.75, 3.05) is 18.3 Å². The molecule has 0 unspecified atom stereocenters. The molecule has 0 fully saturated rings. The van der Waals surface area contributed by atoms with E-state index in [1.807, 2.05) is 12.1 Å². The number of fused-ring (bicyclic) bond motifs is 1. The Kier molecular flexibility index (Phi) is 5.57. The largest absolute Gasteiger partial charge is 0.354 e. The number of benzene rings is 1. The number of carbonyl (C=O) groups is 1. The lowest BCUT2D eigenvalue weighted by Crippen LogP contribution is -2.20. The molecular weight excluding hydrogens is 364 g/mol. The van der Waals surface area contributed by atoms with Gasteiger partial charge in [-0.3, -0.25) is 14.4 Å². The van der Waals surface area contributed by atoms with Gasteiger partial charge in [-0.1, -0.05) is 19.4 Å². The zero-order valence-electron chi connectivity index (χ0n) is 15.9. The van der Waals surface area contributed by atoms with Crippen LogP contribution in [-0.4, -0.2) is 37.4 Å². The summed E-state index contributed by atoms with van der Waals surface area (Å²) in [7, 11) is -0.614. The van der Waals surface area contributed by atoms with Crippen molar-refractivity contribution in [2.45, 2.75) is 37.8 Å². The van der Waals surface area contributed by atoms with Gasteiger partial charge >= 0.3 is 0 Å². The summed E-state index contributed by atoms with van der Waals surface area (Å²) in [4.78, 5) is 14.3. The lowest BCUT2D eigenvalue weighted by molar-refractivity contribution is 0.0955. The van der Waals surface area contributed by atoms with E-state index in [1.54, 1.807) is 13.1 Å². The molecule has 1 aromatic heterocycles. The van der Waals surface area contributed by atoms with Crippen molar-refractivity contribution in [3.05, 3.63) is 47.3 Å². The van der Waals surface area contributed by atoms with E-state index in [4.69, 9.17) is 0 Å². The van der Waals surface area contributed by atoms with E-state index >= 15 is 0 Å². The number of aromatic nitrogens is 1. The zero-order valence-corrected chi connectivity index (χ0v) is 16.8. The SMILES string of the molecule is CCCCN1Cc2ccc(NS(=O)(=O)c3cc(C(=O)NC)n(C)c3)cc2C1. The van der Waals surface area contributed by atoms with E-state index in [-0.39, 0.29) is 10.8 Å².